The number of aromatic carboxylic acids is 1. The van der Waals surface area contributed by atoms with Crippen molar-refractivity contribution >= 4 is 5.97 Å². The van der Waals surface area contributed by atoms with E-state index in [1.54, 1.807) is 6.07 Å². The smallest absolute Gasteiger partial charge is 0.371 e. The molecule has 5 nitrogen and oxygen atoms in total. The third kappa shape index (κ3) is 4.89. The summed E-state index contributed by atoms with van der Waals surface area (Å²) in [4.78, 5) is 10.7. The maximum atomic E-state index is 10.7. The first kappa shape index (κ1) is 14.7. The highest BCUT2D eigenvalue weighted by atomic mass is 16.5. The number of furan rings is 1. The summed E-state index contributed by atoms with van der Waals surface area (Å²) in [5, 5.41) is 8.73. The van der Waals surface area contributed by atoms with E-state index in [0.29, 0.717) is 19.0 Å². The van der Waals surface area contributed by atoms with Crippen LogP contribution in [-0.4, -0.2) is 29.9 Å². The van der Waals surface area contributed by atoms with E-state index >= 15 is 0 Å². The van der Waals surface area contributed by atoms with E-state index in [2.05, 4.69) is 0 Å². The van der Waals surface area contributed by atoms with Gasteiger partial charge in [-0.05, 0) is 39.8 Å². The second-order valence-electron chi connectivity index (χ2n) is 4.98. The van der Waals surface area contributed by atoms with Gasteiger partial charge in [0, 0.05) is 0 Å². The second-order valence-corrected chi connectivity index (χ2v) is 4.98. The van der Waals surface area contributed by atoms with Crippen molar-refractivity contribution in [3.8, 4) is 0 Å². The molecule has 0 radical (unpaired) electrons. The summed E-state index contributed by atoms with van der Waals surface area (Å²) in [6.45, 7) is 8.65. The molecule has 0 aliphatic carbocycles. The summed E-state index contributed by atoms with van der Waals surface area (Å²) < 4.78 is 16.2. The monoisotopic (exact) mass is 256 g/mol. The molecule has 0 aliphatic rings. The fraction of sp³-hybridized carbons (Fsp3) is 0.615. The fourth-order valence-electron chi connectivity index (χ4n) is 1.34. The van der Waals surface area contributed by atoms with Gasteiger partial charge in [-0.15, -0.1) is 0 Å². The van der Waals surface area contributed by atoms with E-state index in [1.165, 1.54) is 6.07 Å². The average molecular weight is 256 g/mol. The molecule has 1 unspecified atom stereocenters. The van der Waals surface area contributed by atoms with Gasteiger partial charge in [-0.3, -0.25) is 0 Å². The quantitative estimate of drug-likeness (QED) is 0.792. The molecule has 1 N–H and O–H groups in total. The van der Waals surface area contributed by atoms with Crippen molar-refractivity contribution in [2.75, 3.05) is 13.2 Å². The van der Waals surface area contributed by atoms with Gasteiger partial charge in [0.2, 0.25) is 5.76 Å². The molecule has 0 fully saturated rings. The molecule has 0 bridgehead atoms. The molecular weight excluding hydrogens is 236 g/mol. The van der Waals surface area contributed by atoms with Crippen LogP contribution in [0.3, 0.4) is 0 Å². The minimum atomic E-state index is -1.08. The molecule has 102 valence electrons. The van der Waals surface area contributed by atoms with Crippen molar-refractivity contribution in [2.45, 2.75) is 39.4 Å². The van der Waals surface area contributed by atoms with Gasteiger partial charge in [0.25, 0.3) is 0 Å². The van der Waals surface area contributed by atoms with Crippen molar-refractivity contribution in [1.82, 2.24) is 0 Å². The van der Waals surface area contributed by atoms with Gasteiger partial charge in [0.15, 0.2) is 0 Å². The zero-order chi connectivity index (χ0) is 13.8. The first-order valence-corrected chi connectivity index (χ1v) is 5.88. The standard InChI is InChI=1S/C13H20O5/c1-9(16-7-8-17-13(2,3)4)10-5-6-11(18-10)12(14)15/h5-6,9H,7-8H2,1-4H3,(H,14,15). The van der Waals surface area contributed by atoms with Gasteiger partial charge in [-0.25, -0.2) is 4.79 Å². The van der Waals surface area contributed by atoms with Crippen LogP contribution in [0.25, 0.3) is 0 Å². The van der Waals surface area contributed by atoms with E-state index < -0.39 is 5.97 Å². The Bertz CT molecular complexity index is 388. The Balaban J connectivity index is 2.36. The molecule has 0 spiro atoms. The van der Waals surface area contributed by atoms with Crippen LogP contribution in [0.5, 0.6) is 0 Å². The number of hydrogen-bond acceptors (Lipinski definition) is 4. The van der Waals surface area contributed by atoms with Gasteiger partial charge in [0.05, 0.1) is 18.8 Å². The summed E-state index contributed by atoms with van der Waals surface area (Å²) in [5.41, 5.74) is -0.187. The lowest BCUT2D eigenvalue weighted by atomic mass is 10.2. The Hall–Kier alpha value is -1.33. The Morgan fingerprint density at radius 2 is 2.06 bits per heavy atom. The third-order valence-electron chi connectivity index (χ3n) is 2.22. The minimum absolute atomic E-state index is 0.0774. The fourth-order valence-corrected chi connectivity index (χ4v) is 1.34. The van der Waals surface area contributed by atoms with Crippen LogP contribution in [0.4, 0.5) is 0 Å². The summed E-state index contributed by atoms with van der Waals surface area (Å²) in [7, 11) is 0. The van der Waals surface area contributed by atoms with Crippen LogP contribution in [-0.2, 0) is 9.47 Å². The van der Waals surface area contributed by atoms with Gasteiger partial charge < -0.3 is 19.0 Å². The molecule has 0 aromatic carbocycles. The van der Waals surface area contributed by atoms with E-state index in [4.69, 9.17) is 19.0 Å². The molecule has 1 atom stereocenters. The third-order valence-corrected chi connectivity index (χ3v) is 2.22. The summed E-state index contributed by atoms with van der Waals surface area (Å²) in [6, 6.07) is 3.03. The highest BCUT2D eigenvalue weighted by Crippen LogP contribution is 2.19. The maximum Gasteiger partial charge on any atom is 0.371 e. The van der Waals surface area contributed by atoms with Crippen LogP contribution in [0.2, 0.25) is 0 Å². The summed E-state index contributed by atoms with van der Waals surface area (Å²) >= 11 is 0. The molecule has 5 heteroatoms. The number of carboxylic acid groups (broad SMARTS) is 1. The highest BCUT2D eigenvalue weighted by molar-refractivity contribution is 5.84. The molecule has 18 heavy (non-hydrogen) atoms. The minimum Gasteiger partial charge on any atom is -0.475 e. The van der Waals surface area contributed by atoms with Crippen molar-refractivity contribution < 1.29 is 23.8 Å². The number of carbonyl (C=O) groups is 1. The van der Waals surface area contributed by atoms with Crippen LogP contribution in [0, 0.1) is 0 Å². The van der Waals surface area contributed by atoms with E-state index in [-0.39, 0.29) is 17.5 Å². The molecule has 0 saturated carbocycles. The molecule has 0 amide bonds. The van der Waals surface area contributed by atoms with Crippen molar-refractivity contribution in [1.29, 1.82) is 0 Å². The van der Waals surface area contributed by atoms with Crippen molar-refractivity contribution in [3.05, 3.63) is 23.7 Å². The molecule has 1 aromatic rings. The molecule has 1 rings (SSSR count). The summed E-state index contributed by atoms with van der Waals surface area (Å²) in [6.07, 6.45) is -0.290. The first-order valence-electron chi connectivity index (χ1n) is 5.88. The van der Waals surface area contributed by atoms with Crippen LogP contribution < -0.4 is 0 Å². The number of ether oxygens (including phenoxy) is 2. The molecule has 1 aromatic heterocycles. The first-order chi connectivity index (χ1) is 8.29. The van der Waals surface area contributed by atoms with E-state index in [9.17, 15) is 4.79 Å². The lowest BCUT2D eigenvalue weighted by Crippen LogP contribution is -2.22. The SMILES string of the molecule is CC(OCCOC(C)(C)C)c1ccc(C(=O)O)o1. The van der Waals surface area contributed by atoms with Gasteiger partial charge in [-0.1, -0.05) is 0 Å². The van der Waals surface area contributed by atoms with E-state index in [1.807, 2.05) is 27.7 Å². The van der Waals surface area contributed by atoms with Crippen LogP contribution in [0.15, 0.2) is 16.5 Å². The predicted octanol–water partition coefficient (Wildman–Crippen LogP) is 2.87. The molecule has 0 saturated heterocycles. The normalized spacial score (nSPS) is 13.6. The summed E-state index contributed by atoms with van der Waals surface area (Å²) in [5.74, 6) is -0.654. The van der Waals surface area contributed by atoms with Crippen molar-refractivity contribution in [2.24, 2.45) is 0 Å². The Labute approximate surface area is 107 Å². The molecule has 1 heterocycles. The van der Waals surface area contributed by atoms with Gasteiger partial charge in [-0.2, -0.15) is 0 Å². The highest BCUT2D eigenvalue weighted by Gasteiger charge is 2.15. The lowest BCUT2D eigenvalue weighted by Gasteiger charge is -2.20. The maximum absolute atomic E-state index is 10.7. The number of hydrogen-bond donors (Lipinski definition) is 1. The molecular formula is C13H20O5. The predicted molar refractivity (Wildman–Crippen MR) is 65.7 cm³/mol. The topological polar surface area (TPSA) is 68.9 Å². The van der Waals surface area contributed by atoms with Crippen molar-refractivity contribution in [3.63, 3.8) is 0 Å². The van der Waals surface area contributed by atoms with Crippen LogP contribution >= 0.6 is 0 Å². The molecule has 0 aliphatic heterocycles. The number of carboxylic acids is 1. The Morgan fingerprint density at radius 3 is 2.56 bits per heavy atom. The second kappa shape index (κ2) is 6.02. The van der Waals surface area contributed by atoms with E-state index in [0.717, 1.165) is 0 Å². The average Bonchev–Trinajstić information content (AvgIpc) is 2.72. The lowest BCUT2D eigenvalue weighted by molar-refractivity contribution is -0.0523. The van der Waals surface area contributed by atoms with Crippen LogP contribution in [0.1, 0.15) is 50.1 Å². The van der Waals surface area contributed by atoms with Gasteiger partial charge in [0.1, 0.15) is 11.9 Å². The number of rotatable bonds is 6. The zero-order valence-electron chi connectivity index (χ0n) is 11.2. The Morgan fingerprint density at radius 1 is 1.39 bits per heavy atom. The Kier molecular flexibility index (Phi) is 4.93. The zero-order valence-corrected chi connectivity index (χ0v) is 11.2. The van der Waals surface area contributed by atoms with Gasteiger partial charge >= 0.3 is 5.97 Å². The largest absolute Gasteiger partial charge is 0.475 e.